The van der Waals surface area contributed by atoms with Crippen molar-refractivity contribution in [1.82, 2.24) is 20.3 Å². The number of amides is 2. The van der Waals surface area contributed by atoms with Crippen molar-refractivity contribution in [3.63, 3.8) is 0 Å². The Kier molecular flexibility index (Phi) is 6.00. The number of nitrogens with one attached hydrogen (secondary N) is 4. The number of carbonyl (C=O) groups is 1. The van der Waals surface area contributed by atoms with E-state index < -0.39 is 10.0 Å². The second-order valence-corrected chi connectivity index (χ2v) is 7.15. The molecule has 126 valence electrons. The minimum absolute atomic E-state index is 0.246. The molecule has 2 aromatic rings. The predicted octanol–water partition coefficient (Wildman–Crippen LogP) is 0.949. The number of fused-ring (bicyclic) bond motifs is 1. The minimum Gasteiger partial charge on any atom is -0.361 e. The predicted molar refractivity (Wildman–Crippen MR) is 90.9 cm³/mol. The number of aromatic nitrogens is 1. The Morgan fingerprint density at radius 1 is 1.13 bits per heavy atom. The third-order valence-electron chi connectivity index (χ3n) is 3.36. The fourth-order valence-electron chi connectivity index (χ4n) is 2.26. The van der Waals surface area contributed by atoms with Crippen LogP contribution in [0.25, 0.3) is 10.9 Å². The Labute approximate surface area is 135 Å². The van der Waals surface area contributed by atoms with E-state index in [9.17, 15) is 13.2 Å². The smallest absolute Gasteiger partial charge is 0.314 e. The summed E-state index contributed by atoms with van der Waals surface area (Å²) >= 11 is 0. The number of rotatable bonds is 8. The zero-order chi connectivity index (χ0) is 16.7. The summed E-state index contributed by atoms with van der Waals surface area (Å²) in [6, 6.07) is 7.79. The van der Waals surface area contributed by atoms with Crippen LogP contribution in [0.5, 0.6) is 0 Å². The van der Waals surface area contributed by atoms with Gasteiger partial charge in [0.05, 0.1) is 6.26 Å². The monoisotopic (exact) mass is 338 g/mol. The van der Waals surface area contributed by atoms with Gasteiger partial charge in [-0.25, -0.2) is 17.9 Å². The lowest BCUT2D eigenvalue weighted by molar-refractivity contribution is 0.241. The third-order valence-corrected chi connectivity index (χ3v) is 4.09. The summed E-state index contributed by atoms with van der Waals surface area (Å²) in [5, 5.41) is 6.65. The molecule has 0 saturated heterocycles. The van der Waals surface area contributed by atoms with Crippen molar-refractivity contribution in [2.45, 2.75) is 12.8 Å². The molecule has 0 bridgehead atoms. The Hall–Kier alpha value is -2.06. The van der Waals surface area contributed by atoms with E-state index >= 15 is 0 Å². The van der Waals surface area contributed by atoms with Crippen LogP contribution in [0.15, 0.2) is 30.5 Å². The standard InChI is InChI=1S/C15H22N4O3S/c1-23(21,22)19-9-4-8-16-15(20)17-10-7-12-11-18-14-6-3-2-5-13(12)14/h2-3,5-6,11,18-19H,4,7-10H2,1H3,(H2,16,17,20). The van der Waals surface area contributed by atoms with Crippen LogP contribution in [-0.4, -0.2) is 45.3 Å². The topological polar surface area (TPSA) is 103 Å². The highest BCUT2D eigenvalue weighted by Gasteiger charge is 2.04. The number of aromatic amines is 1. The molecule has 2 rings (SSSR count). The first-order valence-electron chi connectivity index (χ1n) is 7.47. The summed E-state index contributed by atoms with van der Waals surface area (Å²) < 4.78 is 24.1. The summed E-state index contributed by atoms with van der Waals surface area (Å²) in [7, 11) is -3.16. The zero-order valence-corrected chi connectivity index (χ0v) is 13.9. The van der Waals surface area contributed by atoms with E-state index in [1.165, 1.54) is 10.9 Å². The molecule has 0 unspecified atom stereocenters. The van der Waals surface area contributed by atoms with Gasteiger partial charge in [-0.05, 0) is 24.5 Å². The highest BCUT2D eigenvalue weighted by atomic mass is 32.2. The van der Waals surface area contributed by atoms with Gasteiger partial charge < -0.3 is 15.6 Å². The first-order valence-corrected chi connectivity index (χ1v) is 9.36. The van der Waals surface area contributed by atoms with Crippen LogP contribution in [0, 0.1) is 0 Å². The Morgan fingerprint density at radius 2 is 1.87 bits per heavy atom. The average molecular weight is 338 g/mol. The maximum atomic E-state index is 11.6. The minimum atomic E-state index is -3.16. The molecule has 1 heterocycles. The van der Waals surface area contributed by atoms with E-state index in [1.54, 1.807) is 0 Å². The van der Waals surface area contributed by atoms with Gasteiger partial charge in [-0.15, -0.1) is 0 Å². The molecular weight excluding hydrogens is 316 g/mol. The number of benzene rings is 1. The number of hydrogen-bond acceptors (Lipinski definition) is 3. The molecule has 0 radical (unpaired) electrons. The number of urea groups is 1. The number of hydrogen-bond donors (Lipinski definition) is 4. The van der Waals surface area contributed by atoms with E-state index in [2.05, 4.69) is 26.4 Å². The lowest BCUT2D eigenvalue weighted by Crippen LogP contribution is -2.38. The van der Waals surface area contributed by atoms with Crippen LogP contribution >= 0.6 is 0 Å². The lowest BCUT2D eigenvalue weighted by atomic mass is 10.1. The first kappa shape index (κ1) is 17.3. The molecule has 7 nitrogen and oxygen atoms in total. The molecular formula is C15H22N4O3S. The van der Waals surface area contributed by atoms with Crippen molar-refractivity contribution in [3.05, 3.63) is 36.0 Å². The van der Waals surface area contributed by atoms with Crippen LogP contribution in [0.3, 0.4) is 0 Å². The maximum Gasteiger partial charge on any atom is 0.314 e. The van der Waals surface area contributed by atoms with Crippen molar-refractivity contribution >= 4 is 27.0 Å². The van der Waals surface area contributed by atoms with Crippen molar-refractivity contribution in [1.29, 1.82) is 0 Å². The lowest BCUT2D eigenvalue weighted by Gasteiger charge is -2.07. The molecule has 0 spiro atoms. The van der Waals surface area contributed by atoms with Crippen LogP contribution in [0.4, 0.5) is 4.79 Å². The highest BCUT2D eigenvalue weighted by molar-refractivity contribution is 7.88. The molecule has 0 saturated carbocycles. The fraction of sp³-hybridized carbons (Fsp3) is 0.400. The summed E-state index contributed by atoms with van der Waals surface area (Å²) in [6.07, 6.45) is 4.36. The molecule has 23 heavy (non-hydrogen) atoms. The number of H-pyrrole nitrogens is 1. The first-order chi connectivity index (χ1) is 11.0. The number of para-hydroxylation sites is 1. The number of sulfonamides is 1. The van der Waals surface area contributed by atoms with Gasteiger partial charge in [0.2, 0.25) is 10.0 Å². The van der Waals surface area contributed by atoms with Crippen LogP contribution in [0.1, 0.15) is 12.0 Å². The van der Waals surface area contributed by atoms with Crippen LogP contribution in [0.2, 0.25) is 0 Å². The van der Waals surface area contributed by atoms with Crippen LogP contribution in [-0.2, 0) is 16.4 Å². The van der Waals surface area contributed by atoms with Crippen molar-refractivity contribution in [2.24, 2.45) is 0 Å². The van der Waals surface area contributed by atoms with E-state index in [0.717, 1.165) is 18.2 Å². The summed E-state index contributed by atoms with van der Waals surface area (Å²) in [4.78, 5) is 14.8. The zero-order valence-electron chi connectivity index (χ0n) is 13.1. The molecule has 0 aliphatic rings. The van der Waals surface area contributed by atoms with Crippen molar-refractivity contribution < 1.29 is 13.2 Å². The van der Waals surface area contributed by atoms with Crippen LogP contribution < -0.4 is 15.4 Å². The summed E-state index contributed by atoms with van der Waals surface area (Å²) in [5.74, 6) is 0. The molecule has 0 aliphatic carbocycles. The Bertz CT molecular complexity index is 755. The molecule has 1 aromatic carbocycles. The van der Waals surface area contributed by atoms with Gasteiger partial charge in [0.15, 0.2) is 0 Å². The largest absolute Gasteiger partial charge is 0.361 e. The van der Waals surface area contributed by atoms with Crippen molar-refractivity contribution in [3.8, 4) is 0 Å². The van der Waals surface area contributed by atoms with E-state index in [0.29, 0.717) is 26.1 Å². The third kappa shape index (κ3) is 5.91. The summed E-state index contributed by atoms with van der Waals surface area (Å²) in [5.41, 5.74) is 2.25. The highest BCUT2D eigenvalue weighted by Crippen LogP contribution is 2.17. The Morgan fingerprint density at radius 3 is 2.65 bits per heavy atom. The molecule has 8 heteroatoms. The quantitative estimate of drug-likeness (QED) is 0.539. The molecule has 2 amide bonds. The van der Waals surface area contributed by atoms with E-state index in [-0.39, 0.29) is 6.03 Å². The SMILES string of the molecule is CS(=O)(=O)NCCCNC(=O)NCCc1c[nH]c2ccccc12. The second-order valence-electron chi connectivity index (χ2n) is 5.31. The van der Waals surface area contributed by atoms with Gasteiger partial charge in [-0.2, -0.15) is 0 Å². The van der Waals surface area contributed by atoms with Gasteiger partial charge >= 0.3 is 6.03 Å². The van der Waals surface area contributed by atoms with Gasteiger partial charge in [-0.3, -0.25) is 0 Å². The van der Waals surface area contributed by atoms with Crippen molar-refractivity contribution in [2.75, 3.05) is 25.9 Å². The average Bonchev–Trinajstić information content (AvgIpc) is 2.89. The van der Waals surface area contributed by atoms with Gasteiger partial charge in [0.25, 0.3) is 0 Å². The van der Waals surface area contributed by atoms with Gasteiger partial charge in [0, 0.05) is 36.7 Å². The molecule has 0 fully saturated rings. The molecule has 0 atom stereocenters. The van der Waals surface area contributed by atoms with E-state index in [1.807, 2.05) is 24.4 Å². The van der Waals surface area contributed by atoms with Gasteiger partial charge in [0.1, 0.15) is 0 Å². The second kappa shape index (κ2) is 7.98. The maximum absolute atomic E-state index is 11.6. The number of carbonyl (C=O) groups excluding carboxylic acids is 1. The molecule has 1 aromatic heterocycles. The normalized spacial score (nSPS) is 11.5. The summed E-state index contributed by atoms with van der Waals surface area (Å²) in [6.45, 7) is 1.27. The molecule has 4 N–H and O–H groups in total. The van der Waals surface area contributed by atoms with E-state index in [4.69, 9.17) is 0 Å². The van der Waals surface area contributed by atoms with Gasteiger partial charge in [-0.1, -0.05) is 18.2 Å². The molecule has 0 aliphatic heterocycles. The fourth-order valence-corrected chi connectivity index (χ4v) is 2.77. The Balaban J connectivity index is 1.63.